The highest BCUT2D eigenvalue weighted by atomic mass is 16.6. The van der Waals surface area contributed by atoms with Gasteiger partial charge in [0.25, 0.3) is 0 Å². The largest absolute Gasteiger partial charge is 0.504 e. The molecule has 0 radical (unpaired) electrons. The van der Waals surface area contributed by atoms with Crippen molar-refractivity contribution in [3.05, 3.63) is 29.8 Å². The Balaban J connectivity index is 2.69. The van der Waals surface area contributed by atoms with Gasteiger partial charge in [-0.25, -0.2) is 14.4 Å². The number of carboxylic acid groups (broad SMARTS) is 1. The van der Waals surface area contributed by atoms with Gasteiger partial charge >= 0.3 is 17.9 Å². The van der Waals surface area contributed by atoms with Crippen LogP contribution in [-0.4, -0.2) is 57.7 Å². The number of phenolic OH excluding ortho intramolecular Hbond substituents is 1. The van der Waals surface area contributed by atoms with E-state index in [1.165, 1.54) is 31.4 Å². The number of aliphatic hydroxyl groups is 2. The van der Waals surface area contributed by atoms with Crippen molar-refractivity contribution in [2.75, 3.05) is 7.11 Å². The Morgan fingerprint density at radius 2 is 1.83 bits per heavy atom. The molecule has 23 heavy (non-hydrogen) atoms. The Morgan fingerprint density at radius 1 is 1.17 bits per heavy atom. The fraction of sp³-hybridized carbons (Fsp3) is 0.214. The molecule has 0 amide bonds. The molecule has 0 heterocycles. The quantitative estimate of drug-likeness (QED) is 0.302. The summed E-state index contributed by atoms with van der Waals surface area (Å²) in [4.78, 5) is 33.0. The van der Waals surface area contributed by atoms with Crippen LogP contribution in [-0.2, 0) is 19.1 Å². The number of ether oxygens (including phenoxy) is 2. The molecule has 0 spiro atoms. The molecule has 0 fully saturated rings. The number of methoxy groups -OCH3 is 1. The lowest BCUT2D eigenvalue weighted by molar-refractivity contribution is -0.173. The van der Waals surface area contributed by atoms with Crippen LogP contribution in [0, 0.1) is 0 Å². The minimum absolute atomic E-state index is 0.104. The average Bonchev–Trinajstić information content (AvgIpc) is 2.52. The van der Waals surface area contributed by atoms with Crippen molar-refractivity contribution in [1.29, 1.82) is 0 Å². The highest BCUT2D eigenvalue weighted by molar-refractivity contribution is 5.97. The van der Waals surface area contributed by atoms with E-state index in [2.05, 4.69) is 4.74 Å². The van der Waals surface area contributed by atoms with Gasteiger partial charge in [0, 0.05) is 6.08 Å². The second kappa shape index (κ2) is 7.92. The molecule has 0 saturated heterocycles. The van der Waals surface area contributed by atoms with E-state index in [1.807, 2.05) is 0 Å². The normalized spacial score (nSPS) is 13.3. The fourth-order valence-corrected chi connectivity index (χ4v) is 1.42. The zero-order chi connectivity index (χ0) is 17.6. The highest BCUT2D eigenvalue weighted by Crippen LogP contribution is 2.26. The average molecular weight is 326 g/mol. The minimum atomic E-state index is -2.40. The molecular formula is C14H14O9. The maximum atomic E-state index is 11.4. The minimum Gasteiger partial charge on any atom is -0.504 e. The Kier molecular flexibility index (Phi) is 6.24. The first-order valence-electron chi connectivity index (χ1n) is 6.16. The van der Waals surface area contributed by atoms with Gasteiger partial charge in [0.05, 0.1) is 7.11 Å². The first-order chi connectivity index (χ1) is 10.8. The summed E-state index contributed by atoms with van der Waals surface area (Å²) in [6, 6.07) is 4.18. The zero-order valence-electron chi connectivity index (χ0n) is 11.9. The molecule has 0 bridgehead atoms. The van der Waals surface area contributed by atoms with Crippen molar-refractivity contribution < 1.29 is 44.3 Å². The van der Waals surface area contributed by atoms with Crippen molar-refractivity contribution in [3.63, 3.8) is 0 Å². The maximum absolute atomic E-state index is 11.4. The standard InChI is InChI=1S/C14H14O9/c1-22-9-6-7(2-4-8(9)15)3-5-10(16)23-14(21)12(18)11(17)13(19)20/h2-6,11-12,15,17-18H,1H3,(H,19,20). The molecule has 2 unspecified atom stereocenters. The van der Waals surface area contributed by atoms with Crippen LogP contribution in [0.1, 0.15) is 5.56 Å². The summed E-state index contributed by atoms with van der Waals surface area (Å²) in [6.45, 7) is 0. The number of benzene rings is 1. The van der Waals surface area contributed by atoms with Crippen molar-refractivity contribution in [2.24, 2.45) is 0 Å². The van der Waals surface area contributed by atoms with Crippen molar-refractivity contribution in [1.82, 2.24) is 0 Å². The Hall–Kier alpha value is -2.91. The summed E-state index contributed by atoms with van der Waals surface area (Å²) < 4.78 is 9.03. The molecule has 0 aliphatic carbocycles. The summed E-state index contributed by atoms with van der Waals surface area (Å²) in [7, 11) is 1.34. The van der Waals surface area contributed by atoms with E-state index in [-0.39, 0.29) is 11.5 Å². The van der Waals surface area contributed by atoms with Crippen LogP contribution in [0.4, 0.5) is 0 Å². The van der Waals surface area contributed by atoms with E-state index in [0.717, 1.165) is 6.08 Å². The number of hydrogen-bond donors (Lipinski definition) is 4. The van der Waals surface area contributed by atoms with Gasteiger partial charge in [-0.05, 0) is 23.8 Å². The Morgan fingerprint density at radius 3 is 2.39 bits per heavy atom. The number of aliphatic carboxylic acids is 1. The van der Waals surface area contributed by atoms with Crippen LogP contribution >= 0.6 is 0 Å². The van der Waals surface area contributed by atoms with E-state index in [0.29, 0.717) is 5.56 Å². The molecule has 0 aromatic heterocycles. The molecule has 1 aromatic rings. The third kappa shape index (κ3) is 5.09. The summed E-state index contributed by atoms with van der Waals surface area (Å²) >= 11 is 0. The molecule has 1 aromatic carbocycles. The van der Waals surface area contributed by atoms with Gasteiger partial charge in [-0.2, -0.15) is 0 Å². The molecule has 4 N–H and O–H groups in total. The number of carbonyl (C=O) groups excluding carboxylic acids is 2. The summed E-state index contributed by atoms with van der Waals surface area (Å²) in [5, 5.41) is 35.9. The van der Waals surface area contributed by atoms with E-state index < -0.39 is 30.1 Å². The molecule has 1 rings (SSSR count). The highest BCUT2D eigenvalue weighted by Gasteiger charge is 2.32. The SMILES string of the molecule is COc1cc(C=CC(=O)OC(=O)C(O)C(O)C(=O)O)ccc1O. The van der Waals surface area contributed by atoms with Gasteiger partial charge in [-0.1, -0.05) is 6.07 Å². The predicted octanol–water partition coefficient (Wildman–Crippen LogP) is -0.710. The summed E-state index contributed by atoms with van der Waals surface area (Å²) in [5.74, 6) is -4.56. The van der Waals surface area contributed by atoms with Crippen LogP contribution in [0.2, 0.25) is 0 Å². The lowest BCUT2D eigenvalue weighted by Crippen LogP contribution is -2.41. The van der Waals surface area contributed by atoms with Gasteiger partial charge in [-0.3, -0.25) is 0 Å². The monoisotopic (exact) mass is 326 g/mol. The number of rotatable bonds is 6. The van der Waals surface area contributed by atoms with Crippen LogP contribution in [0.15, 0.2) is 24.3 Å². The predicted molar refractivity (Wildman–Crippen MR) is 74.4 cm³/mol. The summed E-state index contributed by atoms with van der Waals surface area (Å²) in [5.41, 5.74) is 0.440. The number of aromatic hydroxyl groups is 1. The number of carbonyl (C=O) groups is 3. The lowest BCUT2D eigenvalue weighted by Gasteiger charge is -2.11. The van der Waals surface area contributed by atoms with Crippen LogP contribution < -0.4 is 4.74 Å². The molecule has 0 aliphatic rings. The number of carboxylic acids is 1. The van der Waals surface area contributed by atoms with Crippen molar-refractivity contribution >= 4 is 24.0 Å². The van der Waals surface area contributed by atoms with Crippen LogP contribution in [0.3, 0.4) is 0 Å². The van der Waals surface area contributed by atoms with E-state index in [9.17, 15) is 19.5 Å². The molecular weight excluding hydrogens is 312 g/mol. The Bertz CT molecular complexity index is 635. The third-order valence-corrected chi connectivity index (χ3v) is 2.61. The smallest absolute Gasteiger partial charge is 0.346 e. The first kappa shape index (κ1) is 18.1. The zero-order valence-corrected chi connectivity index (χ0v) is 11.9. The molecule has 0 saturated carbocycles. The number of esters is 2. The third-order valence-electron chi connectivity index (χ3n) is 2.61. The van der Waals surface area contributed by atoms with Gasteiger partial charge in [0.15, 0.2) is 23.7 Å². The fourth-order valence-electron chi connectivity index (χ4n) is 1.42. The van der Waals surface area contributed by atoms with Crippen LogP contribution in [0.5, 0.6) is 11.5 Å². The van der Waals surface area contributed by atoms with Gasteiger partial charge in [0.2, 0.25) is 0 Å². The first-order valence-corrected chi connectivity index (χ1v) is 6.16. The van der Waals surface area contributed by atoms with E-state index in [4.69, 9.17) is 20.1 Å². The van der Waals surface area contributed by atoms with Crippen LogP contribution in [0.25, 0.3) is 6.08 Å². The molecule has 9 nitrogen and oxygen atoms in total. The molecule has 2 atom stereocenters. The lowest BCUT2D eigenvalue weighted by atomic mass is 10.2. The van der Waals surface area contributed by atoms with Gasteiger partial charge in [-0.15, -0.1) is 0 Å². The van der Waals surface area contributed by atoms with Crippen molar-refractivity contribution in [2.45, 2.75) is 12.2 Å². The molecule has 9 heteroatoms. The Labute approximate surface area is 130 Å². The van der Waals surface area contributed by atoms with Crippen molar-refractivity contribution in [3.8, 4) is 11.5 Å². The number of phenols is 1. The van der Waals surface area contributed by atoms with E-state index in [1.54, 1.807) is 0 Å². The number of hydrogen-bond acceptors (Lipinski definition) is 8. The summed E-state index contributed by atoms with van der Waals surface area (Å²) in [6.07, 6.45) is -2.72. The topological polar surface area (TPSA) is 151 Å². The molecule has 124 valence electrons. The molecule has 0 aliphatic heterocycles. The van der Waals surface area contributed by atoms with E-state index >= 15 is 0 Å². The van der Waals surface area contributed by atoms with Gasteiger partial charge < -0.3 is 29.9 Å². The van der Waals surface area contributed by atoms with Gasteiger partial charge in [0.1, 0.15) is 0 Å². The second-order valence-corrected chi connectivity index (χ2v) is 4.23. The maximum Gasteiger partial charge on any atom is 0.346 e. The second-order valence-electron chi connectivity index (χ2n) is 4.23. The number of aliphatic hydroxyl groups excluding tert-OH is 2.